The zero-order chi connectivity index (χ0) is 16.7. The molecule has 2 bridgehead atoms. The third-order valence-corrected chi connectivity index (χ3v) is 8.36. The fourth-order valence-corrected chi connectivity index (χ4v) is 7.28. The van der Waals surface area contributed by atoms with Crippen molar-refractivity contribution in [1.29, 1.82) is 0 Å². The smallest absolute Gasteiger partial charge is 0.162 e. The number of ketones is 1. The first-order valence-electron chi connectivity index (χ1n) is 9.21. The molecule has 0 heterocycles. The molecule has 7 unspecified atom stereocenters. The summed E-state index contributed by atoms with van der Waals surface area (Å²) in [5, 5.41) is 20.5. The molecule has 7 atom stereocenters. The van der Waals surface area contributed by atoms with Crippen molar-refractivity contribution in [2.45, 2.75) is 65.4 Å². The Labute approximate surface area is 139 Å². The van der Waals surface area contributed by atoms with Gasteiger partial charge in [-0.05, 0) is 60.2 Å². The number of carbonyl (C=O) groups is 1. The summed E-state index contributed by atoms with van der Waals surface area (Å²) >= 11 is 0. The fourth-order valence-electron chi connectivity index (χ4n) is 7.28. The van der Waals surface area contributed by atoms with Crippen molar-refractivity contribution < 1.29 is 15.0 Å². The molecule has 4 aliphatic carbocycles. The zero-order valence-corrected chi connectivity index (χ0v) is 14.6. The third-order valence-electron chi connectivity index (χ3n) is 8.36. The highest BCUT2D eigenvalue weighted by atomic mass is 16.3. The van der Waals surface area contributed by atoms with Crippen molar-refractivity contribution in [1.82, 2.24) is 0 Å². The van der Waals surface area contributed by atoms with E-state index in [-0.39, 0.29) is 29.1 Å². The van der Waals surface area contributed by atoms with E-state index >= 15 is 0 Å². The number of rotatable bonds is 1. The van der Waals surface area contributed by atoms with Crippen LogP contribution in [0.3, 0.4) is 0 Å². The van der Waals surface area contributed by atoms with Gasteiger partial charge in [0, 0.05) is 11.8 Å². The number of carbonyl (C=O) groups excluding carboxylic acids is 1. The number of aliphatic hydroxyl groups excluding tert-OH is 2. The van der Waals surface area contributed by atoms with Crippen LogP contribution in [0.2, 0.25) is 0 Å². The Morgan fingerprint density at radius 2 is 1.83 bits per heavy atom. The Hall–Kier alpha value is -0.670. The van der Waals surface area contributed by atoms with Gasteiger partial charge in [0.2, 0.25) is 0 Å². The van der Waals surface area contributed by atoms with E-state index in [1.165, 1.54) is 19.3 Å². The highest BCUT2D eigenvalue weighted by molar-refractivity contribution is 5.85. The minimum Gasteiger partial charge on any atom is -0.396 e. The summed E-state index contributed by atoms with van der Waals surface area (Å²) in [5.74, 6) is 0.664. The van der Waals surface area contributed by atoms with Gasteiger partial charge in [-0.1, -0.05) is 32.9 Å². The van der Waals surface area contributed by atoms with Crippen LogP contribution in [0.15, 0.2) is 12.2 Å². The average Bonchev–Trinajstić information content (AvgIpc) is 2.74. The number of hydrogen-bond donors (Lipinski definition) is 2. The topological polar surface area (TPSA) is 57.5 Å². The summed E-state index contributed by atoms with van der Waals surface area (Å²) in [6.07, 6.45) is 10.1. The monoisotopic (exact) mass is 318 g/mol. The predicted molar refractivity (Wildman–Crippen MR) is 88.7 cm³/mol. The minimum atomic E-state index is -1.01. The Bertz CT molecular complexity index is 583. The van der Waals surface area contributed by atoms with Crippen LogP contribution in [0.25, 0.3) is 0 Å². The summed E-state index contributed by atoms with van der Waals surface area (Å²) in [4.78, 5) is 12.6. The van der Waals surface area contributed by atoms with Gasteiger partial charge in [0.05, 0.1) is 6.61 Å². The van der Waals surface area contributed by atoms with Crippen LogP contribution in [0.4, 0.5) is 0 Å². The molecule has 23 heavy (non-hydrogen) atoms. The number of fused-ring (bicyclic) bond motifs is 3. The van der Waals surface area contributed by atoms with Crippen molar-refractivity contribution in [3.05, 3.63) is 12.2 Å². The van der Waals surface area contributed by atoms with E-state index in [2.05, 4.69) is 26.0 Å². The molecule has 3 saturated carbocycles. The average molecular weight is 318 g/mol. The number of aliphatic hydroxyl groups is 2. The van der Waals surface area contributed by atoms with Gasteiger partial charge in [0.1, 0.15) is 6.10 Å². The molecule has 0 saturated heterocycles. The van der Waals surface area contributed by atoms with Crippen molar-refractivity contribution >= 4 is 5.78 Å². The second kappa shape index (κ2) is 4.49. The molecule has 3 fully saturated rings. The molecule has 0 aliphatic heterocycles. The van der Waals surface area contributed by atoms with Crippen molar-refractivity contribution in [3.8, 4) is 0 Å². The number of allylic oxidation sites excluding steroid dienone is 2. The highest BCUT2D eigenvalue weighted by Gasteiger charge is 2.66. The lowest BCUT2D eigenvalue weighted by atomic mass is 9.40. The lowest BCUT2D eigenvalue weighted by Gasteiger charge is -2.64. The standard InChI is InChI=1S/C20H30O3/c1-17-6-4-15-18(2)10-13(22)16(23)19(3,12-21)14(18)5-7-20(15,11-17)9-8-17/h8-9,14-16,21,23H,4-7,10-12H2,1-3H3. The maximum Gasteiger partial charge on any atom is 0.162 e. The predicted octanol–water partition coefficient (Wildman–Crippen LogP) is 3.10. The van der Waals surface area contributed by atoms with Gasteiger partial charge in [-0.25, -0.2) is 0 Å². The molecular weight excluding hydrogens is 288 g/mol. The van der Waals surface area contributed by atoms with Gasteiger partial charge in [-0.3, -0.25) is 4.79 Å². The molecule has 3 heteroatoms. The first-order valence-corrected chi connectivity index (χ1v) is 9.21. The molecule has 0 amide bonds. The Morgan fingerprint density at radius 3 is 2.52 bits per heavy atom. The summed E-state index contributed by atoms with van der Waals surface area (Å²) < 4.78 is 0. The molecule has 0 aromatic heterocycles. The van der Waals surface area contributed by atoms with Gasteiger partial charge in [0.25, 0.3) is 0 Å². The van der Waals surface area contributed by atoms with Crippen LogP contribution in [-0.2, 0) is 4.79 Å². The largest absolute Gasteiger partial charge is 0.396 e. The number of hydrogen-bond acceptors (Lipinski definition) is 3. The van der Waals surface area contributed by atoms with Crippen LogP contribution < -0.4 is 0 Å². The highest BCUT2D eigenvalue weighted by Crippen LogP contribution is 2.71. The van der Waals surface area contributed by atoms with E-state index in [4.69, 9.17) is 0 Å². The lowest BCUT2D eigenvalue weighted by Crippen LogP contribution is -2.64. The molecule has 0 radical (unpaired) electrons. The molecular formula is C20H30O3. The zero-order valence-electron chi connectivity index (χ0n) is 14.6. The first kappa shape index (κ1) is 15.8. The van der Waals surface area contributed by atoms with E-state index < -0.39 is 11.5 Å². The van der Waals surface area contributed by atoms with E-state index in [0.717, 1.165) is 12.8 Å². The van der Waals surface area contributed by atoms with E-state index in [1.807, 2.05) is 6.92 Å². The Balaban J connectivity index is 1.78. The molecule has 0 aromatic rings. The minimum absolute atomic E-state index is 0.0624. The van der Waals surface area contributed by atoms with Crippen molar-refractivity contribution in [2.24, 2.45) is 33.5 Å². The normalized spacial score (nSPS) is 58.0. The summed E-state index contributed by atoms with van der Waals surface area (Å²) in [6.45, 7) is 6.47. The molecule has 3 nitrogen and oxygen atoms in total. The second-order valence-electron chi connectivity index (χ2n) is 9.80. The first-order chi connectivity index (χ1) is 10.7. The Morgan fingerprint density at radius 1 is 1.13 bits per heavy atom. The van der Waals surface area contributed by atoms with Gasteiger partial charge < -0.3 is 10.2 Å². The fraction of sp³-hybridized carbons (Fsp3) is 0.850. The summed E-state index contributed by atoms with van der Waals surface area (Å²) in [7, 11) is 0. The molecule has 4 rings (SSSR count). The van der Waals surface area contributed by atoms with E-state index in [9.17, 15) is 15.0 Å². The van der Waals surface area contributed by atoms with Gasteiger partial charge in [-0.2, -0.15) is 0 Å². The van der Waals surface area contributed by atoms with Crippen LogP contribution in [0.1, 0.15) is 59.3 Å². The summed E-state index contributed by atoms with van der Waals surface area (Å²) in [5.41, 5.74) is -0.188. The molecule has 2 N–H and O–H groups in total. The summed E-state index contributed by atoms with van der Waals surface area (Å²) in [6, 6.07) is 0. The maximum absolute atomic E-state index is 12.6. The van der Waals surface area contributed by atoms with Crippen LogP contribution in [0, 0.1) is 33.5 Å². The van der Waals surface area contributed by atoms with Gasteiger partial charge in [0.15, 0.2) is 5.78 Å². The lowest BCUT2D eigenvalue weighted by molar-refractivity contribution is -0.195. The van der Waals surface area contributed by atoms with E-state index in [0.29, 0.717) is 17.8 Å². The van der Waals surface area contributed by atoms with Crippen LogP contribution >= 0.6 is 0 Å². The maximum atomic E-state index is 12.6. The van der Waals surface area contributed by atoms with Crippen LogP contribution in [-0.4, -0.2) is 28.7 Å². The molecule has 128 valence electrons. The van der Waals surface area contributed by atoms with Gasteiger partial charge in [-0.15, -0.1) is 0 Å². The SMILES string of the molecule is CC12C=CC3(CCC4C(C)(CO)C(O)C(=O)CC4(C)C3CC1)C2. The third kappa shape index (κ3) is 1.81. The van der Waals surface area contributed by atoms with Crippen molar-refractivity contribution in [3.63, 3.8) is 0 Å². The van der Waals surface area contributed by atoms with Crippen LogP contribution in [0.5, 0.6) is 0 Å². The molecule has 0 aromatic carbocycles. The van der Waals surface area contributed by atoms with E-state index in [1.54, 1.807) is 0 Å². The quantitative estimate of drug-likeness (QED) is 0.731. The Kier molecular flexibility index (Phi) is 3.09. The number of Topliss-reactive ketones (excluding diaryl/α,β-unsaturated/α-hetero) is 1. The second-order valence-corrected chi connectivity index (χ2v) is 9.80. The van der Waals surface area contributed by atoms with Crippen molar-refractivity contribution in [2.75, 3.05) is 6.61 Å². The molecule has 1 spiro atoms. The van der Waals surface area contributed by atoms with Gasteiger partial charge >= 0.3 is 0 Å². The molecule has 4 aliphatic rings.